The number of likely N-dealkylation sites (tertiary alicyclic amines) is 1. The fourth-order valence-corrected chi connectivity index (χ4v) is 2.73. The average Bonchev–Trinajstić information content (AvgIpc) is 2.48. The summed E-state index contributed by atoms with van der Waals surface area (Å²) in [6.45, 7) is 1.45. The van der Waals surface area contributed by atoms with Crippen molar-refractivity contribution in [2.24, 2.45) is 0 Å². The number of piperidine rings is 1. The topological polar surface area (TPSA) is 64.3 Å². The van der Waals surface area contributed by atoms with E-state index in [2.05, 4.69) is 0 Å². The second kappa shape index (κ2) is 6.75. The van der Waals surface area contributed by atoms with Crippen molar-refractivity contribution < 1.29 is 9.90 Å². The first-order valence-electron chi connectivity index (χ1n) is 6.51. The summed E-state index contributed by atoms with van der Waals surface area (Å²) in [6, 6.07) is 6.99. The summed E-state index contributed by atoms with van der Waals surface area (Å²) in [5, 5.41) is 18.7. The third kappa shape index (κ3) is 3.51. The van der Waals surface area contributed by atoms with Crippen LogP contribution in [0.5, 0.6) is 5.75 Å². The standard InChI is InChI=1S/C15H15IN2O2/c16-13-9-11(4-5-14(13)19)8-12(10-17)15(20)18-6-2-1-3-7-18/h4-5,8-9,19H,1-3,6-7H2. The van der Waals surface area contributed by atoms with Crippen LogP contribution in [0.1, 0.15) is 24.8 Å². The lowest BCUT2D eigenvalue weighted by atomic mass is 10.1. The van der Waals surface area contributed by atoms with E-state index in [0.29, 0.717) is 3.57 Å². The van der Waals surface area contributed by atoms with E-state index in [1.54, 1.807) is 29.2 Å². The number of benzene rings is 1. The number of aromatic hydroxyl groups is 1. The number of nitrogens with zero attached hydrogens (tertiary/aromatic N) is 2. The van der Waals surface area contributed by atoms with Gasteiger partial charge in [0.1, 0.15) is 17.4 Å². The van der Waals surface area contributed by atoms with Crippen LogP contribution in [0, 0.1) is 14.9 Å². The lowest BCUT2D eigenvalue weighted by Crippen LogP contribution is -2.36. The van der Waals surface area contributed by atoms with Gasteiger partial charge in [0.25, 0.3) is 5.91 Å². The van der Waals surface area contributed by atoms with Crippen molar-refractivity contribution in [3.63, 3.8) is 0 Å². The number of carbonyl (C=O) groups excluding carboxylic acids is 1. The molecule has 0 saturated carbocycles. The molecule has 1 fully saturated rings. The minimum absolute atomic E-state index is 0.147. The van der Waals surface area contributed by atoms with Crippen LogP contribution in [0.3, 0.4) is 0 Å². The molecule has 1 aliphatic rings. The maximum absolute atomic E-state index is 12.3. The van der Waals surface area contributed by atoms with Gasteiger partial charge in [-0.25, -0.2) is 0 Å². The van der Waals surface area contributed by atoms with Crippen molar-refractivity contribution in [3.05, 3.63) is 32.9 Å². The van der Waals surface area contributed by atoms with Crippen LogP contribution in [0.25, 0.3) is 6.08 Å². The molecule has 0 unspecified atom stereocenters. The molecule has 104 valence electrons. The fourth-order valence-electron chi connectivity index (χ4n) is 2.19. The molecule has 0 bridgehead atoms. The second-order valence-electron chi connectivity index (χ2n) is 4.73. The summed E-state index contributed by atoms with van der Waals surface area (Å²) < 4.78 is 0.694. The molecular weight excluding hydrogens is 367 g/mol. The van der Waals surface area contributed by atoms with Crippen LogP contribution in [-0.2, 0) is 4.79 Å². The number of halogens is 1. The quantitative estimate of drug-likeness (QED) is 0.486. The van der Waals surface area contributed by atoms with Gasteiger partial charge in [-0.1, -0.05) is 6.07 Å². The Balaban J connectivity index is 2.22. The van der Waals surface area contributed by atoms with Gasteiger partial charge in [0.2, 0.25) is 0 Å². The van der Waals surface area contributed by atoms with Crippen molar-refractivity contribution in [1.82, 2.24) is 4.90 Å². The lowest BCUT2D eigenvalue weighted by molar-refractivity contribution is -0.127. The predicted molar refractivity (Wildman–Crippen MR) is 84.8 cm³/mol. The van der Waals surface area contributed by atoms with E-state index in [4.69, 9.17) is 0 Å². The highest BCUT2D eigenvalue weighted by molar-refractivity contribution is 14.1. The summed E-state index contributed by atoms with van der Waals surface area (Å²) in [4.78, 5) is 14.0. The van der Waals surface area contributed by atoms with Crippen LogP contribution in [0.15, 0.2) is 23.8 Å². The number of phenols is 1. The SMILES string of the molecule is N#CC(=Cc1ccc(O)c(I)c1)C(=O)N1CCCCC1. The minimum Gasteiger partial charge on any atom is -0.507 e. The zero-order chi connectivity index (χ0) is 14.5. The Morgan fingerprint density at radius 1 is 1.35 bits per heavy atom. The zero-order valence-electron chi connectivity index (χ0n) is 11.0. The van der Waals surface area contributed by atoms with Gasteiger partial charge in [-0.15, -0.1) is 0 Å². The molecule has 1 aromatic carbocycles. The molecule has 1 saturated heterocycles. The van der Waals surface area contributed by atoms with Gasteiger partial charge in [-0.2, -0.15) is 5.26 Å². The van der Waals surface area contributed by atoms with E-state index in [1.165, 1.54) is 0 Å². The third-order valence-corrected chi connectivity index (χ3v) is 4.14. The van der Waals surface area contributed by atoms with E-state index < -0.39 is 0 Å². The Hall–Kier alpha value is -1.55. The number of phenolic OH excluding ortho intramolecular Hbond substituents is 1. The number of hydrogen-bond donors (Lipinski definition) is 1. The normalized spacial score (nSPS) is 15.8. The molecule has 20 heavy (non-hydrogen) atoms. The summed E-state index contributed by atoms with van der Waals surface area (Å²) in [5.41, 5.74) is 0.891. The van der Waals surface area contributed by atoms with Crippen LogP contribution in [-0.4, -0.2) is 29.0 Å². The smallest absolute Gasteiger partial charge is 0.264 e. The molecule has 0 aliphatic carbocycles. The second-order valence-corrected chi connectivity index (χ2v) is 5.90. The first-order valence-corrected chi connectivity index (χ1v) is 7.59. The van der Waals surface area contributed by atoms with Crippen LogP contribution in [0.2, 0.25) is 0 Å². The monoisotopic (exact) mass is 382 g/mol. The Morgan fingerprint density at radius 3 is 2.65 bits per heavy atom. The highest BCUT2D eigenvalue weighted by Crippen LogP contribution is 2.22. The Bertz CT molecular complexity index is 584. The van der Waals surface area contributed by atoms with Crippen molar-refractivity contribution in [1.29, 1.82) is 5.26 Å². The zero-order valence-corrected chi connectivity index (χ0v) is 13.1. The Kier molecular flexibility index (Phi) is 5.01. The molecule has 1 aromatic rings. The van der Waals surface area contributed by atoms with E-state index in [-0.39, 0.29) is 17.2 Å². The van der Waals surface area contributed by atoms with Gasteiger partial charge in [-0.05, 0) is 65.6 Å². The van der Waals surface area contributed by atoms with Crippen LogP contribution < -0.4 is 0 Å². The van der Waals surface area contributed by atoms with Crippen molar-refractivity contribution in [2.45, 2.75) is 19.3 Å². The van der Waals surface area contributed by atoms with Crippen LogP contribution >= 0.6 is 22.6 Å². The van der Waals surface area contributed by atoms with Gasteiger partial charge >= 0.3 is 0 Å². The maximum Gasteiger partial charge on any atom is 0.264 e. The first kappa shape index (κ1) is 14.9. The highest BCUT2D eigenvalue weighted by atomic mass is 127. The molecule has 2 rings (SSSR count). The van der Waals surface area contributed by atoms with Gasteiger partial charge < -0.3 is 10.0 Å². The summed E-state index contributed by atoms with van der Waals surface area (Å²) in [6.07, 6.45) is 4.73. The third-order valence-electron chi connectivity index (χ3n) is 3.28. The molecule has 1 aliphatic heterocycles. The van der Waals surface area contributed by atoms with E-state index in [1.807, 2.05) is 28.7 Å². The summed E-state index contributed by atoms with van der Waals surface area (Å²) in [7, 11) is 0. The lowest BCUT2D eigenvalue weighted by Gasteiger charge is -2.26. The van der Waals surface area contributed by atoms with E-state index >= 15 is 0 Å². The molecule has 1 heterocycles. The van der Waals surface area contributed by atoms with Gasteiger partial charge in [0.15, 0.2) is 0 Å². The summed E-state index contributed by atoms with van der Waals surface area (Å²) >= 11 is 2.01. The molecule has 4 nitrogen and oxygen atoms in total. The molecule has 0 radical (unpaired) electrons. The molecule has 1 amide bonds. The number of hydrogen-bond acceptors (Lipinski definition) is 3. The summed E-state index contributed by atoms with van der Waals surface area (Å²) in [5.74, 6) is -0.00102. The largest absolute Gasteiger partial charge is 0.507 e. The van der Waals surface area contributed by atoms with E-state index in [9.17, 15) is 15.2 Å². The van der Waals surface area contributed by atoms with Crippen molar-refractivity contribution in [3.8, 4) is 11.8 Å². The fraction of sp³-hybridized carbons (Fsp3) is 0.333. The number of rotatable bonds is 2. The Morgan fingerprint density at radius 2 is 2.05 bits per heavy atom. The number of carbonyl (C=O) groups is 1. The molecule has 5 heteroatoms. The van der Waals surface area contributed by atoms with Gasteiger partial charge in [-0.3, -0.25) is 4.79 Å². The number of nitriles is 1. The molecule has 1 N–H and O–H groups in total. The van der Waals surface area contributed by atoms with Gasteiger partial charge in [0.05, 0.1) is 3.57 Å². The van der Waals surface area contributed by atoms with Crippen LogP contribution in [0.4, 0.5) is 0 Å². The first-order chi connectivity index (χ1) is 9.61. The molecule has 0 aromatic heterocycles. The highest BCUT2D eigenvalue weighted by Gasteiger charge is 2.20. The predicted octanol–water partition coefficient (Wildman–Crippen LogP) is 2.92. The van der Waals surface area contributed by atoms with E-state index in [0.717, 1.165) is 37.9 Å². The maximum atomic E-state index is 12.3. The minimum atomic E-state index is -0.199. The average molecular weight is 382 g/mol. The molecule has 0 atom stereocenters. The molecular formula is C15H15IN2O2. The van der Waals surface area contributed by atoms with Gasteiger partial charge in [0, 0.05) is 13.1 Å². The number of amides is 1. The Labute approximate surface area is 131 Å². The van der Waals surface area contributed by atoms with Crippen molar-refractivity contribution in [2.75, 3.05) is 13.1 Å². The molecule has 0 spiro atoms. The van der Waals surface area contributed by atoms with Crippen molar-refractivity contribution >= 4 is 34.6 Å².